The lowest BCUT2D eigenvalue weighted by Crippen LogP contribution is -2.24. The molecule has 0 fully saturated rings. The quantitative estimate of drug-likeness (QED) is 0.120. The van der Waals surface area contributed by atoms with Crippen LogP contribution in [0.5, 0.6) is 23.0 Å². The van der Waals surface area contributed by atoms with Crippen LogP contribution in [0.25, 0.3) is 11.1 Å². The summed E-state index contributed by atoms with van der Waals surface area (Å²) in [7, 11) is -8.41. The van der Waals surface area contributed by atoms with Gasteiger partial charge in [-0.1, -0.05) is 215 Å². The molecule has 0 aliphatic heterocycles. The minimum absolute atomic E-state index is 0.123. The van der Waals surface area contributed by atoms with Crippen LogP contribution in [0.1, 0.15) is 233 Å². The van der Waals surface area contributed by atoms with Crippen LogP contribution in [0, 0.1) is 27.7 Å². The van der Waals surface area contributed by atoms with Crippen LogP contribution in [-0.2, 0) is 52.5 Å². The molecule has 0 spiro atoms. The van der Waals surface area contributed by atoms with Gasteiger partial charge in [-0.05, 0) is 175 Å². The summed E-state index contributed by atoms with van der Waals surface area (Å²) in [5.41, 5.74) is 13.1. The second-order valence-corrected chi connectivity index (χ2v) is 34.7. The maximum absolute atomic E-state index is 16.2. The highest BCUT2D eigenvalue weighted by Crippen LogP contribution is 2.56. The van der Waals surface area contributed by atoms with Gasteiger partial charge in [0, 0.05) is 22.3 Å². The van der Waals surface area contributed by atoms with Crippen molar-refractivity contribution < 1.29 is 27.2 Å². The fourth-order valence-electron chi connectivity index (χ4n) is 12.5. The third-order valence-electron chi connectivity index (χ3n) is 15.5. The third kappa shape index (κ3) is 13.6. The molecule has 8 heteroatoms. The van der Waals surface area contributed by atoms with E-state index in [-0.39, 0.29) is 43.3 Å². The van der Waals surface area contributed by atoms with Gasteiger partial charge in [0.05, 0.1) is 10.6 Å². The molecule has 0 saturated heterocycles. The van der Waals surface area contributed by atoms with Crippen LogP contribution >= 0.6 is 15.2 Å². The fraction of sp³-hybridized carbons (Fsp3) is 0.500. The van der Waals surface area contributed by atoms with E-state index in [9.17, 15) is 0 Å². The zero-order valence-electron chi connectivity index (χ0n) is 54.6. The third-order valence-corrected chi connectivity index (χ3v) is 19.1. The second kappa shape index (κ2) is 21.6. The predicted molar refractivity (Wildman–Crippen MR) is 343 cm³/mol. The normalized spacial score (nSPS) is 13.6. The largest absolute Gasteiger partial charge is 0.462 e. The fourth-order valence-corrected chi connectivity index (χ4v) is 15.6. The molecule has 0 heterocycles. The molecule has 0 atom stereocenters. The van der Waals surface area contributed by atoms with Gasteiger partial charge < -0.3 is 18.1 Å². The first kappa shape index (κ1) is 64.2. The number of hydrogen-bond donors (Lipinski definition) is 0. The Morgan fingerprint density at radius 3 is 0.575 bits per heavy atom. The molecule has 0 aliphatic carbocycles. The minimum Gasteiger partial charge on any atom is -0.412 e. The standard InChI is InChI=1S/C72H100O6P2/c1-45-53(65(5,6)7)37-41-57(61(45)69(17,18)19)75-79(73,76-58-42-38-54(66(8,9)10)46(2)62(58)70(20,21)22)51-33-29-49(30-34-51)50-31-35-52(36-32-50)80(74,77-59-43-39-55(67(11,12)13)47(3)63(59)71(23,24)25)78-60-44-40-56(68(14,15)16)48(4)64(60)72(26,27)28/h29-44H,1-28H3. The smallest absolute Gasteiger partial charge is 0.412 e. The van der Waals surface area contributed by atoms with Crippen molar-refractivity contribution in [3.63, 3.8) is 0 Å². The van der Waals surface area contributed by atoms with Crippen molar-refractivity contribution >= 4 is 25.8 Å². The Labute approximate surface area is 485 Å². The summed E-state index contributed by atoms with van der Waals surface area (Å²) >= 11 is 0. The Bertz CT molecular complexity index is 2950. The topological polar surface area (TPSA) is 71.1 Å². The molecule has 0 radical (unpaired) electrons. The summed E-state index contributed by atoms with van der Waals surface area (Å²) in [6.45, 7) is 61.3. The van der Waals surface area contributed by atoms with Gasteiger partial charge >= 0.3 is 15.2 Å². The Balaban J connectivity index is 1.53. The highest BCUT2D eigenvalue weighted by atomic mass is 31.2. The summed E-state index contributed by atoms with van der Waals surface area (Å²) in [6, 6.07) is 31.6. The van der Waals surface area contributed by atoms with Gasteiger partial charge in [0.1, 0.15) is 23.0 Å². The molecular formula is C72H100O6P2. The van der Waals surface area contributed by atoms with E-state index in [2.05, 4.69) is 218 Å². The summed E-state index contributed by atoms with van der Waals surface area (Å²) in [4.78, 5) is 0. The van der Waals surface area contributed by atoms with Crippen LogP contribution in [0.2, 0.25) is 0 Å². The zero-order chi connectivity index (χ0) is 60.7. The van der Waals surface area contributed by atoms with Gasteiger partial charge in [-0.3, -0.25) is 0 Å². The zero-order valence-corrected chi connectivity index (χ0v) is 56.4. The SMILES string of the molecule is Cc1c(C(C)(C)C)ccc(OP(=O)(Oc2ccc(C(C)(C)C)c(C)c2C(C)(C)C)c2ccc(-c3ccc(P(=O)(Oc4ccc(C(C)(C)C)c(C)c4C(C)(C)C)Oc4ccc(C(C)(C)C)c(C)c4C(C)(C)C)cc3)cc2)c1C(C)(C)C. The average Bonchev–Trinajstić information content (AvgIpc) is 3.25. The molecule has 0 amide bonds. The number of hydrogen-bond acceptors (Lipinski definition) is 6. The van der Waals surface area contributed by atoms with E-state index in [0.29, 0.717) is 33.6 Å². The van der Waals surface area contributed by atoms with Gasteiger partial charge in [0.25, 0.3) is 0 Å². The summed E-state index contributed by atoms with van der Waals surface area (Å²) in [5.74, 6) is 2.13. The van der Waals surface area contributed by atoms with Crippen LogP contribution in [-0.4, -0.2) is 0 Å². The van der Waals surface area contributed by atoms with Crippen LogP contribution < -0.4 is 28.7 Å². The number of benzene rings is 6. The van der Waals surface area contributed by atoms with Gasteiger partial charge in [0.15, 0.2) is 0 Å². The summed E-state index contributed by atoms with van der Waals surface area (Å²) < 4.78 is 60.5. The molecule has 6 aromatic carbocycles. The molecule has 6 nitrogen and oxygen atoms in total. The van der Waals surface area contributed by atoms with Crippen LogP contribution in [0.4, 0.5) is 0 Å². The van der Waals surface area contributed by atoms with E-state index in [0.717, 1.165) is 55.6 Å². The number of rotatable bonds is 11. The van der Waals surface area contributed by atoms with E-state index >= 15 is 9.13 Å². The summed E-state index contributed by atoms with van der Waals surface area (Å²) in [6.07, 6.45) is 0. The van der Waals surface area contributed by atoms with Gasteiger partial charge in [0.2, 0.25) is 0 Å². The maximum atomic E-state index is 16.2. The Kier molecular flexibility index (Phi) is 17.3. The van der Waals surface area contributed by atoms with Crippen molar-refractivity contribution in [3.8, 4) is 34.1 Å². The van der Waals surface area contributed by atoms with Crippen molar-refractivity contribution in [3.05, 3.63) is 164 Å². The lowest BCUT2D eigenvalue weighted by molar-refractivity contribution is 0.384. The Morgan fingerprint density at radius 2 is 0.425 bits per heavy atom. The first-order valence-electron chi connectivity index (χ1n) is 28.9. The molecule has 6 aromatic rings. The van der Waals surface area contributed by atoms with Crippen molar-refractivity contribution in [2.45, 2.75) is 237 Å². The molecule has 0 unspecified atom stereocenters. The van der Waals surface area contributed by atoms with E-state index in [4.69, 9.17) is 18.1 Å². The molecular weight excluding hydrogens is 1020 g/mol. The predicted octanol–water partition coefficient (Wildman–Crippen LogP) is 20.9. The molecule has 434 valence electrons. The van der Waals surface area contributed by atoms with Crippen LogP contribution in [0.15, 0.2) is 97.1 Å². The average molecular weight is 1120 g/mol. The highest BCUT2D eigenvalue weighted by molar-refractivity contribution is 7.63. The first-order chi connectivity index (χ1) is 36.1. The van der Waals surface area contributed by atoms with E-state index < -0.39 is 15.2 Å². The van der Waals surface area contributed by atoms with Gasteiger partial charge in [-0.25, -0.2) is 9.13 Å². The molecule has 80 heavy (non-hydrogen) atoms. The first-order valence-corrected chi connectivity index (χ1v) is 32.0. The highest BCUT2D eigenvalue weighted by Gasteiger charge is 2.41. The van der Waals surface area contributed by atoms with Crippen molar-refractivity contribution in [1.29, 1.82) is 0 Å². The van der Waals surface area contributed by atoms with Crippen molar-refractivity contribution in [2.24, 2.45) is 0 Å². The lowest BCUT2D eigenvalue weighted by atomic mass is 9.76. The van der Waals surface area contributed by atoms with Gasteiger partial charge in [-0.2, -0.15) is 0 Å². The molecule has 0 aromatic heterocycles. The van der Waals surface area contributed by atoms with E-state index in [1.165, 1.54) is 22.3 Å². The second-order valence-electron chi connectivity index (χ2n) is 30.9. The summed E-state index contributed by atoms with van der Waals surface area (Å²) in [5, 5.41) is 0.840. The maximum Gasteiger partial charge on any atom is 0.462 e. The monoisotopic (exact) mass is 1120 g/mol. The van der Waals surface area contributed by atoms with E-state index in [1.54, 1.807) is 0 Å². The molecule has 0 N–H and O–H groups in total. The molecule has 6 rings (SSSR count). The van der Waals surface area contributed by atoms with Gasteiger partial charge in [-0.15, -0.1) is 0 Å². The molecule has 0 saturated carbocycles. The van der Waals surface area contributed by atoms with E-state index in [1.807, 2.05) is 72.8 Å². The lowest BCUT2D eigenvalue weighted by Gasteiger charge is -2.33. The van der Waals surface area contributed by atoms with Crippen molar-refractivity contribution in [2.75, 3.05) is 0 Å². The van der Waals surface area contributed by atoms with Crippen molar-refractivity contribution in [1.82, 2.24) is 0 Å². The minimum atomic E-state index is -4.20. The Morgan fingerprint density at radius 1 is 0.250 bits per heavy atom. The van der Waals surface area contributed by atoms with Crippen LogP contribution in [0.3, 0.4) is 0 Å². The Hall–Kier alpha value is -5.02. The molecule has 0 aliphatic rings. The molecule has 0 bridgehead atoms.